The lowest BCUT2D eigenvalue weighted by atomic mass is 9.86. The zero-order valence-electron chi connectivity index (χ0n) is 10.9. The second kappa shape index (κ2) is 6.90. The van der Waals surface area contributed by atoms with Crippen LogP contribution < -0.4 is 5.32 Å². The van der Waals surface area contributed by atoms with E-state index < -0.39 is 0 Å². The number of carbonyl (C=O) groups excluding carboxylic acids is 1. The molecule has 18 heavy (non-hydrogen) atoms. The van der Waals surface area contributed by atoms with Crippen LogP contribution in [0.25, 0.3) is 0 Å². The molecular formula is C14H21NO2S. The summed E-state index contributed by atoms with van der Waals surface area (Å²) in [4.78, 5) is 11.4. The lowest BCUT2D eigenvalue weighted by molar-refractivity contribution is -0.146. The Kier molecular flexibility index (Phi) is 5.20. The molecule has 100 valence electrons. The van der Waals surface area contributed by atoms with Crippen molar-refractivity contribution in [3.8, 4) is 0 Å². The smallest absolute Gasteiger partial charge is 0.308 e. The van der Waals surface area contributed by atoms with Gasteiger partial charge in [0, 0.05) is 6.04 Å². The van der Waals surface area contributed by atoms with Gasteiger partial charge < -0.3 is 10.1 Å². The number of carbonyl (C=O) groups is 1. The highest BCUT2D eigenvalue weighted by molar-refractivity contribution is 7.07. The van der Waals surface area contributed by atoms with Crippen LogP contribution in [0.2, 0.25) is 0 Å². The number of ether oxygens (including phenoxy) is 1. The summed E-state index contributed by atoms with van der Waals surface area (Å²) < 4.78 is 4.80. The molecular weight excluding hydrogens is 246 g/mol. The van der Waals surface area contributed by atoms with Crippen molar-refractivity contribution in [1.29, 1.82) is 0 Å². The van der Waals surface area contributed by atoms with E-state index in [0.29, 0.717) is 6.04 Å². The number of thiophene rings is 1. The third-order valence-electron chi connectivity index (χ3n) is 3.69. The molecule has 2 rings (SSSR count). The first-order valence-electron chi connectivity index (χ1n) is 6.62. The maximum atomic E-state index is 11.4. The first-order chi connectivity index (χ1) is 8.79. The van der Waals surface area contributed by atoms with E-state index in [1.54, 1.807) is 11.3 Å². The molecule has 0 aromatic carbocycles. The van der Waals surface area contributed by atoms with Crippen molar-refractivity contribution in [2.24, 2.45) is 5.92 Å². The van der Waals surface area contributed by atoms with Crippen molar-refractivity contribution in [2.75, 3.05) is 13.7 Å². The molecule has 1 aliphatic rings. The Morgan fingerprint density at radius 1 is 1.44 bits per heavy atom. The van der Waals surface area contributed by atoms with Gasteiger partial charge in [-0.15, -0.1) is 0 Å². The van der Waals surface area contributed by atoms with Crippen molar-refractivity contribution in [3.05, 3.63) is 22.4 Å². The molecule has 1 heterocycles. The van der Waals surface area contributed by atoms with Gasteiger partial charge in [0.05, 0.1) is 13.0 Å². The molecule has 0 atom stereocenters. The zero-order chi connectivity index (χ0) is 12.8. The first-order valence-corrected chi connectivity index (χ1v) is 7.56. The fourth-order valence-electron chi connectivity index (χ4n) is 2.56. The molecule has 0 unspecified atom stereocenters. The maximum Gasteiger partial charge on any atom is 0.308 e. The van der Waals surface area contributed by atoms with Gasteiger partial charge in [0.1, 0.15) is 0 Å². The number of hydrogen-bond acceptors (Lipinski definition) is 4. The first kappa shape index (κ1) is 13.6. The molecule has 4 heteroatoms. The standard InChI is InChI=1S/C14H21NO2S/c1-17-14(16)12-2-4-13(5-3-12)15-8-6-11-7-9-18-10-11/h7,9-10,12-13,15H,2-6,8H2,1H3. The Labute approximate surface area is 113 Å². The van der Waals surface area contributed by atoms with Crippen molar-refractivity contribution in [3.63, 3.8) is 0 Å². The summed E-state index contributed by atoms with van der Waals surface area (Å²) in [5.41, 5.74) is 1.41. The van der Waals surface area contributed by atoms with E-state index in [-0.39, 0.29) is 11.9 Å². The van der Waals surface area contributed by atoms with E-state index in [1.165, 1.54) is 12.7 Å². The minimum atomic E-state index is -0.0354. The summed E-state index contributed by atoms with van der Waals surface area (Å²) in [6.45, 7) is 1.03. The van der Waals surface area contributed by atoms with Crippen molar-refractivity contribution >= 4 is 17.3 Å². The summed E-state index contributed by atoms with van der Waals surface area (Å²) in [7, 11) is 1.48. The predicted molar refractivity (Wildman–Crippen MR) is 73.8 cm³/mol. The predicted octanol–water partition coefficient (Wildman–Crippen LogP) is 2.61. The summed E-state index contributed by atoms with van der Waals surface area (Å²) in [5, 5.41) is 7.92. The molecule has 0 spiro atoms. The Morgan fingerprint density at radius 2 is 2.22 bits per heavy atom. The Bertz CT molecular complexity index is 356. The number of nitrogens with one attached hydrogen (secondary N) is 1. The van der Waals surface area contributed by atoms with Gasteiger partial charge in [0.2, 0.25) is 0 Å². The molecule has 0 bridgehead atoms. The zero-order valence-corrected chi connectivity index (χ0v) is 11.7. The summed E-state index contributed by atoms with van der Waals surface area (Å²) in [6.07, 6.45) is 5.19. The summed E-state index contributed by atoms with van der Waals surface area (Å²) >= 11 is 1.75. The highest BCUT2D eigenvalue weighted by Gasteiger charge is 2.26. The highest BCUT2D eigenvalue weighted by atomic mass is 32.1. The third-order valence-corrected chi connectivity index (χ3v) is 4.42. The molecule has 1 aromatic heterocycles. The maximum absolute atomic E-state index is 11.4. The topological polar surface area (TPSA) is 38.3 Å². The minimum absolute atomic E-state index is 0.0354. The fourth-order valence-corrected chi connectivity index (χ4v) is 3.26. The highest BCUT2D eigenvalue weighted by Crippen LogP contribution is 2.25. The van der Waals surface area contributed by atoms with Crippen LogP contribution >= 0.6 is 11.3 Å². The van der Waals surface area contributed by atoms with Crippen molar-refractivity contribution in [1.82, 2.24) is 5.32 Å². The van der Waals surface area contributed by atoms with Gasteiger partial charge in [-0.25, -0.2) is 0 Å². The van der Waals surface area contributed by atoms with Crippen molar-refractivity contribution < 1.29 is 9.53 Å². The van der Waals surface area contributed by atoms with Gasteiger partial charge in [0.15, 0.2) is 0 Å². The second-order valence-corrected chi connectivity index (χ2v) is 5.69. The molecule has 0 amide bonds. The van der Waals surface area contributed by atoms with E-state index in [2.05, 4.69) is 22.1 Å². The normalized spacial score (nSPS) is 23.8. The van der Waals surface area contributed by atoms with Crippen molar-refractivity contribution in [2.45, 2.75) is 38.1 Å². The molecule has 1 aliphatic carbocycles. The SMILES string of the molecule is COC(=O)C1CCC(NCCc2ccsc2)CC1. The van der Waals surface area contributed by atoms with E-state index in [0.717, 1.165) is 38.6 Å². The van der Waals surface area contributed by atoms with E-state index in [4.69, 9.17) is 4.74 Å². The van der Waals surface area contributed by atoms with Crippen LogP contribution in [0, 0.1) is 5.92 Å². The molecule has 0 saturated heterocycles. The van der Waals surface area contributed by atoms with E-state index in [9.17, 15) is 4.79 Å². The van der Waals surface area contributed by atoms with Crippen LogP contribution in [-0.2, 0) is 16.0 Å². The van der Waals surface area contributed by atoms with Gasteiger partial charge in [-0.05, 0) is 61.0 Å². The van der Waals surface area contributed by atoms with Gasteiger partial charge in [-0.1, -0.05) is 0 Å². The second-order valence-electron chi connectivity index (χ2n) is 4.91. The number of methoxy groups -OCH3 is 1. The van der Waals surface area contributed by atoms with Crippen LogP contribution in [0.4, 0.5) is 0 Å². The molecule has 0 radical (unpaired) electrons. The average Bonchev–Trinajstić information content (AvgIpc) is 2.92. The third kappa shape index (κ3) is 3.82. The van der Waals surface area contributed by atoms with Crippen LogP contribution in [0.3, 0.4) is 0 Å². The van der Waals surface area contributed by atoms with Crippen LogP contribution in [0.15, 0.2) is 16.8 Å². The lowest BCUT2D eigenvalue weighted by Gasteiger charge is -2.27. The molecule has 1 aromatic rings. The van der Waals surface area contributed by atoms with Crippen LogP contribution in [0.5, 0.6) is 0 Å². The average molecular weight is 267 g/mol. The van der Waals surface area contributed by atoms with Gasteiger partial charge in [-0.2, -0.15) is 11.3 Å². The Balaban J connectivity index is 1.63. The Morgan fingerprint density at radius 3 is 2.83 bits per heavy atom. The van der Waals surface area contributed by atoms with Crippen LogP contribution in [-0.4, -0.2) is 25.7 Å². The minimum Gasteiger partial charge on any atom is -0.469 e. The molecule has 1 N–H and O–H groups in total. The summed E-state index contributed by atoms with van der Waals surface area (Å²) in [5.74, 6) is 0.0941. The number of esters is 1. The van der Waals surface area contributed by atoms with E-state index >= 15 is 0 Å². The van der Waals surface area contributed by atoms with Gasteiger partial charge in [0.25, 0.3) is 0 Å². The molecule has 1 fully saturated rings. The molecule has 3 nitrogen and oxygen atoms in total. The largest absolute Gasteiger partial charge is 0.469 e. The summed E-state index contributed by atoms with van der Waals surface area (Å²) in [6, 6.07) is 2.75. The lowest BCUT2D eigenvalue weighted by Crippen LogP contribution is -2.36. The van der Waals surface area contributed by atoms with E-state index in [1.807, 2.05) is 0 Å². The molecule has 0 aliphatic heterocycles. The van der Waals surface area contributed by atoms with Crippen LogP contribution in [0.1, 0.15) is 31.2 Å². The number of rotatable bonds is 5. The fraction of sp³-hybridized carbons (Fsp3) is 0.643. The van der Waals surface area contributed by atoms with Gasteiger partial charge in [-0.3, -0.25) is 4.79 Å². The molecule has 1 saturated carbocycles. The quantitative estimate of drug-likeness (QED) is 0.833. The Hall–Kier alpha value is -0.870. The van der Waals surface area contributed by atoms with Gasteiger partial charge >= 0.3 is 5.97 Å². The monoisotopic (exact) mass is 267 g/mol. The number of hydrogen-bond donors (Lipinski definition) is 1.